The predicted molar refractivity (Wildman–Crippen MR) is 81.7 cm³/mol. The van der Waals surface area contributed by atoms with Crippen molar-refractivity contribution in [2.75, 3.05) is 31.7 Å². The van der Waals surface area contributed by atoms with Crippen LogP contribution in [0.4, 0.5) is 5.69 Å². The Labute approximate surface area is 115 Å². The molecule has 0 bridgehead atoms. The monoisotopic (exact) mass is 258 g/mol. The Balaban J connectivity index is 2.30. The van der Waals surface area contributed by atoms with Crippen LogP contribution in [0.5, 0.6) is 0 Å². The smallest absolute Gasteiger partial charge is 0.0631 e. The maximum atomic E-state index is 6.08. The van der Waals surface area contributed by atoms with E-state index in [1.165, 1.54) is 16.5 Å². The maximum Gasteiger partial charge on any atom is 0.0631 e. The van der Waals surface area contributed by atoms with Crippen LogP contribution >= 0.6 is 0 Å². The van der Waals surface area contributed by atoms with Gasteiger partial charge in [-0.15, -0.1) is 0 Å². The Kier molecular flexibility index (Phi) is 4.77. The molecule has 1 unspecified atom stereocenters. The number of benzene rings is 2. The van der Waals surface area contributed by atoms with Crippen LogP contribution in [-0.2, 0) is 4.74 Å². The second kappa shape index (κ2) is 6.55. The van der Waals surface area contributed by atoms with Gasteiger partial charge in [0.05, 0.1) is 6.61 Å². The van der Waals surface area contributed by atoms with E-state index in [1.807, 2.05) is 0 Å². The lowest BCUT2D eigenvalue weighted by Crippen LogP contribution is -2.40. The van der Waals surface area contributed by atoms with Crippen molar-refractivity contribution >= 4 is 16.5 Å². The second-order valence-electron chi connectivity index (χ2n) is 4.75. The number of ether oxygens (including phenoxy) is 1. The van der Waals surface area contributed by atoms with Crippen LogP contribution < -0.4 is 10.6 Å². The quantitative estimate of drug-likeness (QED) is 0.865. The van der Waals surface area contributed by atoms with Gasteiger partial charge in [-0.1, -0.05) is 36.4 Å². The van der Waals surface area contributed by atoms with Gasteiger partial charge in [0.2, 0.25) is 0 Å². The van der Waals surface area contributed by atoms with Gasteiger partial charge in [-0.2, -0.15) is 0 Å². The first-order chi connectivity index (χ1) is 9.26. The Morgan fingerprint density at radius 3 is 2.63 bits per heavy atom. The van der Waals surface area contributed by atoms with E-state index < -0.39 is 0 Å². The molecule has 0 radical (unpaired) electrons. The van der Waals surface area contributed by atoms with Gasteiger partial charge in [0.15, 0.2) is 0 Å². The number of nitrogens with two attached hydrogens (primary N) is 1. The van der Waals surface area contributed by atoms with Crippen LogP contribution in [0.3, 0.4) is 0 Å². The first-order valence-electron chi connectivity index (χ1n) is 6.73. The summed E-state index contributed by atoms with van der Waals surface area (Å²) in [5.41, 5.74) is 7.32. The minimum atomic E-state index is 0.0314. The summed E-state index contributed by atoms with van der Waals surface area (Å²) in [6.45, 7) is 4.48. The van der Waals surface area contributed by atoms with Crippen molar-refractivity contribution in [3.05, 3.63) is 42.5 Å². The van der Waals surface area contributed by atoms with Crippen LogP contribution in [0.15, 0.2) is 42.5 Å². The van der Waals surface area contributed by atoms with E-state index in [-0.39, 0.29) is 6.04 Å². The molecular formula is C16H22N2O. The predicted octanol–water partition coefficient (Wildman–Crippen LogP) is 2.64. The highest BCUT2D eigenvalue weighted by molar-refractivity contribution is 5.94. The fraction of sp³-hybridized carbons (Fsp3) is 0.375. The van der Waals surface area contributed by atoms with Gasteiger partial charge in [-0.3, -0.25) is 0 Å². The normalized spacial score (nSPS) is 12.6. The fourth-order valence-electron chi connectivity index (χ4n) is 2.43. The third kappa shape index (κ3) is 3.25. The Morgan fingerprint density at radius 2 is 1.89 bits per heavy atom. The van der Waals surface area contributed by atoms with E-state index in [0.717, 1.165) is 13.1 Å². The third-order valence-electron chi connectivity index (χ3n) is 3.32. The average Bonchev–Trinajstić information content (AvgIpc) is 2.44. The van der Waals surface area contributed by atoms with Crippen LogP contribution in [0.25, 0.3) is 10.8 Å². The van der Waals surface area contributed by atoms with Gasteiger partial charge in [-0.25, -0.2) is 0 Å². The summed E-state index contributed by atoms with van der Waals surface area (Å²) in [6, 6.07) is 14.9. The molecule has 0 aromatic heterocycles. The highest BCUT2D eigenvalue weighted by Gasteiger charge is 2.12. The van der Waals surface area contributed by atoms with Crippen LogP contribution in [0.2, 0.25) is 0 Å². The summed E-state index contributed by atoms with van der Waals surface area (Å²) >= 11 is 0. The molecule has 0 aliphatic heterocycles. The third-order valence-corrected chi connectivity index (χ3v) is 3.32. The van der Waals surface area contributed by atoms with Crippen molar-refractivity contribution < 1.29 is 4.74 Å². The van der Waals surface area contributed by atoms with Crippen molar-refractivity contribution in [2.45, 2.75) is 13.0 Å². The highest BCUT2D eigenvalue weighted by Crippen LogP contribution is 2.26. The van der Waals surface area contributed by atoms with Crippen molar-refractivity contribution in [3.8, 4) is 0 Å². The summed E-state index contributed by atoms with van der Waals surface area (Å²) in [6.07, 6.45) is 0. The van der Waals surface area contributed by atoms with E-state index >= 15 is 0 Å². The summed E-state index contributed by atoms with van der Waals surface area (Å²) in [7, 11) is 1.69. The van der Waals surface area contributed by atoms with Crippen LogP contribution in [0, 0.1) is 0 Å². The molecule has 2 aromatic rings. The van der Waals surface area contributed by atoms with E-state index in [4.69, 9.17) is 10.5 Å². The topological polar surface area (TPSA) is 38.5 Å². The zero-order valence-electron chi connectivity index (χ0n) is 11.7. The lowest BCUT2D eigenvalue weighted by Gasteiger charge is -2.27. The molecule has 3 nitrogen and oxygen atoms in total. The molecule has 0 saturated heterocycles. The van der Waals surface area contributed by atoms with Gasteiger partial charge < -0.3 is 15.4 Å². The molecule has 0 heterocycles. The second-order valence-corrected chi connectivity index (χ2v) is 4.75. The molecule has 0 aliphatic rings. The average molecular weight is 258 g/mol. The van der Waals surface area contributed by atoms with Gasteiger partial charge in [-0.05, 0) is 18.4 Å². The van der Waals surface area contributed by atoms with Crippen LogP contribution in [0.1, 0.15) is 6.92 Å². The number of nitrogens with zero attached hydrogens (tertiary/aromatic N) is 1. The van der Waals surface area contributed by atoms with Crippen LogP contribution in [-0.4, -0.2) is 32.8 Å². The molecule has 0 fully saturated rings. The summed E-state index contributed by atoms with van der Waals surface area (Å²) < 4.78 is 5.12. The summed E-state index contributed by atoms with van der Waals surface area (Å²) in [4.78, 5) is 2.31. The fourth-order valence-corrected chi connectivity index (χ4v) is 2.43. The molecule has 0 saturated carbocycles. The van der Waals surface area contributed by atoms with Crippen molar-refractivity contribution in [2.24, 2.45) is 5.73 Å². The molecule has 0 spiro atoms. The Hall–Kier alpha value is -1.58. The maximum absolute atomic E-state index is 6.08. The number of methoxy groups -OCH3 is 1. The highest BCUT2D eigenvalue weighted by atomic mass is 16.5. The van der Waals surface area contributed by atoms with Crippen molar-refractivity contribution in [1.29, 1.82) is 0 Å². The Bertz CT molecular complexity index is 522. The minimum absolute atomic E-state index is 0.0314. The van der Waals surface area contributed by atoms with Gasteiger partial charge in [0.25, 0.3) is 0 Å². The number of hydrogen-bond donors (Lipinski definition) is 1. The zero-order chi connectivity index (χ0) is 13.7. The first kappa shape index (κ1) is 13.8. The molecule has 2 N–H and O–H groups in total. The molecule has 0 aliphatic carbocycles. The number of anilines is 1. The molecule has 1 atom stereocenters. The molecule has 19 heavy (non-hydrogen) atoms. The molecule has 0 amide bonds. The minimum Gasteiger partial charge on any atom is -0.383 e. The number of hydrogen-bond acceptors (Lipinski definition) is 3. The van der Waals surface area contributed by atoms with Gasteiger partial charge >= 0.3 is 0 Å². The Morgan fingerprint density at radius 1 is 1.16 bits per heavy atom. The zero-order valence-corrected chi connectivity index (χ0v) is 11.7. The lowest BCUT2D eigenvalue weighted by molar-refractivity contribution is 0.181. The van der Waals surface area contributed by atoms with Crippen molar-refractivity contribution in [1.82, 2.24) is 0 Å². The molecule has 2 rings (SSSR count). The summed E-state index contributed by atoms with van der Waals surface area (Å²) in [5.74, 6) is 0. The molecule has 3 heteroatoms. The SMILES string of the molecule is CCN(CC(N)COC)c1cccc2ccccc12. The molecular weight excluding hydrogens is 236 g/mol. The lowest BCUT2D eigenvalue weighted by atomic mass is 10.1. The molecule has 102 valence electrons. The standard InChI is InChI=1S/C16H22N2O/c1-3-18(11-14(17)12-19-2)16-10-6-8-13-7-4-5-9-15(13)16/h4-10,14H,3,11-12,17H2,1-2H3. The van der Waals surface area contributed by atoms with Gasteiger partial charge in [0, 0.05) is 37.3 Å². The van der Waals surface area contributed by atoms with E-state index in [1.54, 1.807) is 7.11 Å². The number of fused-ring (bicyclic) bond motifs is 1. The van der Waals surface area contributed by atoms with Gasteiger partial charge in [0.1, 0.15) is 0 Å². The van der Waals surface area contributed by atoms with Crippen molar-refractivity contribution in [3.63, 3.8) is 0 Å². The van der Waals surface area contributed by atoms with E-state index in [2.05, 4.69) is 54.3 Å². The number of likely N-dealkylation sites (N-methyl/N-ethyl adjacent to an activating group) is 1. The first-order valence-corrected chi connectivity index (χ1v) is 6.73. The van der Waals surface area contributed by atoms with E-state index in [9.17, 15) is 0 Å². The molecule has 2 aromatic carbocycles. The largest absolute Gasteiger partial charge is 0.383 e. The number of rotatable bonds is 6. The summed E-state index contributed by atoms with van der Waals surface area (Å²) in [5, 5.41) is 2.54. The van der Waals surface area contributed by atoms with E-state index in [0.29, 0.717) is 6.61 Å².